The fourth-order valence-corrected chi connectivity index (χ4v) is 2.93. The van der Waals surface area contributed by atoms with Gasteiger partial charge in [-0.2, -0.15) is 0 Å². The van der Waals surface area contributed by atoms with Gasteiger partial charge in [0.25, 0.3) is 0 Å². The SMILES string of the molecule is NCCN1CCCC1C(=O)Nc1cc(Cl)cc(Cl)c1. The van der Waals surface area contributed by atoms with E-state index >= 15 is 0 Å². The predicted molar refractivity (Wildman–Crippen MR) is 78.7 cm³/mol. The number of rotatable bonds is 4. The molecule has 1 aliphatic heterocycles. The standard InChI is InChI=1S/C13H17Cl2N3O/c14-9-6-10(15)8-11(7-9)17-13(19)12-2-1-4-18(12)5-3-16/h6-8,12H,1-5,16H2,(H,17,19). The lowest BCUT2D eigenvalue weighted by Gasteiger charge is -2.22. The van der Waals surface area contributed by atoms with Crippen LogP contribution in [0, 0.1) is 0 Å². The van der Waals surface area contributed by atoms with Gasteiger partial charge in [0.15, 0.2) is 0 Å². The average molecular weight is 302 g/mol. The topological polar surface area (TPSA) is 58.4 Å². The number of benzene rings is 1. The summed E-state index contributed by atoms with van der Waals surface area (Å²) in [6.45, 7) is 2.23. The van der Waals surface area contributed by atoms with E-state index in [0.717, 1.165) is 25.9 Å². The Labute approximate surface area is 122 Å². The Morgan fingerprint density at radius 3 is 2.68 bits per heavy atom. The van der Waals surface area contributed by atoms with Gasteiger partial charge in [0, 0.05) is 28.8 Å². The summed E-state index contributed by atoms with van der Waals surface area (Å²) in [6.07, 6.45) is 1.88. The number of nitrogens with one attached hydrogen (secondary N) is 1. The van der Waals surface area contributed by atoms with Crippen LogP contribution in [-0.4, -0.2) is 36.5 Å². The second-order valence-corrected chi connectivity index (χ2v) is 5.50. The van der Waals surface area contributed by atoms with E-state index in [4.69, 9.17) is 28.9 Å². The number of nitrogens with two attached hydrogens (primary N) is 1. The van der Waals surface area contributed by atoms with Crippen LogP contribution >= 0.6 is 23.2 Å². The maximum absolute atomic E-state index is 12.2. The third kappa shape index (κ3) is 3.83. The van der Waals surface area contributed by atoms with Crippen LogP contribution in [0.4, 0.5) is 5.69 Å². The third-order valence-corrected chi connectivity index (χ3v) is 3.65. The van der Waals surface area contributed by atoms with Crippen molar-refractivity contribution in [1.29, 1.82) is 0 Å². The molecule has 1 atom stereocenters. The van der Waals surface area contributed by atoms with Gasteiger partial charge in [-0.25, -0.2) is 0 Å². The van der Waals surface area contributed by atoms with Crippen molar-refractivity contribution in [1.82, 2.24) is 4.90 Å². The molecule has 0 aromatic heterocycles. The number of likely N-dealkylation sites (tertiary alicyclic amines) is 1. The molecule has 1 saturated heterocycles. The third-order valence-electron chi connectivity index (χ3n) is 3.21. The van der Waals surface area contributed by atoms with Crippen molar-refractivity contribution in [2.24, 2.45) is 5.73 Å². The number of amides is 1. The van der Waals surface area contributed by atoms with Crippen LogP contribution in [0.15, 0.2) is 18.2 Å². The minimum Gasteiger partial charge on any atom is -0.329 e. The number of anilines is 1. The fourth-order valence-electron chi connectivity index (χ4n) is 2.41. The van der Waals surface area contributed by atoms with Gasteiger partial charge in [-0.15, -0.1) is 0 Å². The molecule has 104 valence electrons. The minimum atomic E-state index is -0.110. The van der Waals surface area contributed by atoms with Crippen molar-refractivity contribution < 1.29 is 4.79 Å². The first-order chi connectivity index (χ1) is 9.10. The van der Waals surface area contributed by atoms with Crippen LogP contribution in [0.25, 0.3) is 0 Å². The molecule has 2 rings (SSSR count). The van der Waals surface area contributed by atoms with E-state index in [0.29, 0.717) is 22.3 Å². The number of carbonyl (C=O) groups is 1. The summed E-state index contributed by atoms with van der Waals surface area (Å²) in [5, 5.41) is 3.88. The van der Waals surface area contributed by atoms with E-state index in [1.165, 1.54) is 0 Å². The smallest absolute Gasteiger partial charge is 0.241 e. The van der Waals surface area contributed by atoms with Crippen molar-refractivity contribution >= 4 is 34.8 Å². The van der Waals surface area contributed by atoms with Gasteiger partial charge in [0.05, 0.1) is 6.04 Å². The molecule has 6 heteroatoms. The summed E-state index contributed by atoms with van der Waals surface area (Å²) >= 11 is 11.8. The van der Waals surface area contributed by atoms with Gasteiger partial charge in [-0.3, -0.25) is 9.69 Å². The van der Waals surface area contributed by atoms with Gasteiger partial charge in [-0.05, 0) is 37.6 Å². The molecular formula is C13H17Cl2N3O. The summed E-state index contributed by atoms with van der Waals surface area (Å²) in [4.78, 5) is 14.4. The number of nitrogens with zero attached hydrogens (tertiary/aromatic N) is 1. The van der Waals surface area contributed by atoms with Gasteiger partial charge < -0.3 is 11.1 Å². The summed E-state index contributed by atoms with van der Waals surface area (Å²) in [5.41, 5.74) is 6.18. The molecule has 1 unspecified atom stereocenters. The molecular weight excluding hydrogens is 285 g/mol. The van der Waals surface area contributed by atoms with Crippen LogP contribution in [-0.2, 0) is 4.79 Å². The largest absolute Gasteiger partial charge is 0.329 e. The maximum atomic E-state index is 12.2. The quantitative estimate of drug-likeness (QED) is 0.897. The molecule has 0 radical (unpaired) electrons. The Balaban J connectivity index is 2.04. The summed E-state index contributed by atoms with van der Waals surface area (Å²) in [7, 11) is 0. The first kappa shape index (κ1) is 14.6. The first-order valence-electron chi connectivity index (χ1n) is 6.31. The second kappa shape index (κ2) is 6.57. The normalized spacial score (nSPS) is 19.6. The van der Waals surface area contributed by atoms with E-state index in [2.05, 4.69) is 10.2 Å². The Kier molecular flexibility index (Phi) is 5.05. The van der Waals surface area contributed by atoms with Crippen molar-refractivity contribution in [3.8, 4) is 0 Å². The predicted octanol–water partition coefficient (Wildman–Crippen LogP) is 2.36. The zero-order chi connectivity index (χ0) is 13.8. The highest BCUT2D eigenvalue weighted by molar-refractivity contribution is 6.35. The molecule has 1 aromatic carbocycles. The van der Waals surface area contributed by atoms with Gasteiger partial charge >= 0.3 is 0 Å². The molecule has 1 aromatic rings. The zero-order valence-electron chi connectivity index (χ0n) is 10.5. The lowest BCUT2D eigenvalue weighted by Crippen LogP contribution is -2.41. The van der Waals surface area contributed by atoms with E-state index in [1.54, 1.807) is 18.2 Å². The highest BCUT2D eigenvalue weighted by atomic mass is 35.5. The number of carbonyl (C=O) groups excluding carboxylic acids is 1. The Morgan fingerprint density at radius 2 is 2.05 bits per heavy atom. The molecule has 0 spiro atoms. The van der Waals surface area contributed by atoms with Crippen LogP contribution in [0.3, 0.4) is 0 Å². The van der Waals surface area contributed by atoms with E-state index < -0.39 is 0 Å². The van der Waals surface area contributed by atoms with E-state index in [9.17, 15) is 4.79 Å². The van der Waals surface area contributed by atoms with Gasteiger partial charge in [0.2, 0.25) is 5.91 Å². The van der Waals surface area contributed by atoms with Gasteiger partial charge in [-0.1, -0.05) is 23.2 Å². The Morgan fingerprint density at radius 1 is 1.37 bits per heavy atom. The highest BCUT2D eigenvalue weighted by Gasteiger charge is 2.29. The maximum Gasteiger partial charge on any atom is 0.241 e. The van der Waals surface area contributed by atoms with Crippen LogP contribution < -0.4 is 11.1 Å². The molecule has 1 aliphatic rings. The van der Waals surface area contributed by atoms with Crippen molar-refractivity contribution in [3.63, 3.8) is 0 Å². The molecule has 0 bridgehead atoms. The lowest BCUT2D eigenvalue weighted by atomic mass is 10.2. The summed E-state index contributed by atoms with van der Waals surface area (Å²) in [5.74, 6) is -0.0238. The number of halogens is 2. The van der Waals surface area contributed by atoms with Crippen LogP contribution in [0.2, 0.25) is 10.0 Å². The van der Waals surface area contributed by atoms with E-state index in [1.807, 2.05) is 0 Å². The zero-order valence-corrected chi connectivity index (χ0v) is 12.0. The van der Waals surface area contributed by atoms with Crippen LogP contribution in [0.1, 0.15) is 12.8 Å². The molecule has 19 heavy (non-hydrogen) atoms. The molecule has 4 nitrogen and oxygen atoms in total. The fraction of sp³-hybridized carbons (Fsp3) is 0.462. The minimum absolute atomic E-state index is 0.0238. The Hall–Kier alpha value is -0.810. The monoisotopic (exact) mass is 301 g/mol. The molecule has 1 fully saturated rings. The molecule has 0 aliphatic carbocycles. The van der Waals surface area contributed by atoms with Crippen molar-refractivity contribution in [3.05, 3.63) is 28.2 Å². The summed E-state index contributed by atoms with van der Waals surface area (Å²) < 4.78 is 0. The number of hydrogen-bond acceptors (Lipinski definition) is 3. The second-order valence-electron chi connectivity index (χ2n) is 4.63. The average Bonchev–Trinajstić information content (AvgIpc) is 2.76. The van der Waals surface area contributed by atoms with Crippen molar-refractivity contribution in [2.75, 3.05) is 25.0 Å². The number of hydrogen-bond donors (Lipinski definition) is 2. The molecule has 0 saturated carbocycles. The summed E-state index contributed by atoms with van der Waals surface area (Å²) in [6, 6.07) is 4.90. The first-order valence-corrected chi connectivity index (χ1v) is 7.07. The Bertz CT molecular complexity index is 447. The molecule has 1 heterocycles. The van der Waals surface area contributed by atoms with Crippen molar-refractivity contribution in [2.45, 2.75) is 18.9 Å². The van der Waals surface area contributed by atoms with Crippen LogP contribution in [0.5, 0.6) is 0 Å². The molecule has 3 N–H and O–H groups in total. The van der Waals surface area contributed by atoms with E-state index in [-0.39, 0.29) is 11.9 Å². The highest BCUT2D eigenvalue weighted by Crippen LogP contribution is 2.24. The molecule has 1 amide bonds. The lowest BCUT2D eigenvalue weighted by molar-refractivity contribution is -0.120. The van der Waals surface area contributed by atoms with Gasteiger partial charge in [0.1, 0.15) is 0 Å².